The Morgan fingerprint density at radius 2 is 1.56 bits per heavy atom. The number of nitrogens with zero attached hydrogens (tertiary/aromatic N) is 1. The van der Waals surface area contributed by atoms with Gasteiger partial charge in [-0.25, -0.2) is 0 Å². The summed E-state index contributed by atoms with van der Waals surface area (Å²) in [6.45, 7) is 1.86. The molecule has 1 aliphatic rings. The molecule has 188 valence electrons. The first kappa shape index (κ1) is 25.4. The van der Waals surface area contributed by atoms with Crippen LogP contribution in [0.4, 0.5) is 11.4 Å². The zero-order chi connectivity index (χ0) is 25.8. The van der Waals surface area contributed by atoms with Crippen molar-refractivity contribution in [3.63, 3.8) is 0 Å². The van der Waals surface area contributed by atoms with Gasteiger partial charge >= 0.3 is 0 Å². The van der Waals surface area contributed by atoms with Gasteiger partial charge < -0.3 is 24.4 Å². The molecule has 36 heavy (non-hydrogen) atoms. The maximum atomic E-state index is 13.7. The summed E-state index contributed by atoms with van der Waals surface area (Å²) < 4.78 is 16.0. The Bertz CT molecular complexity index is 1240. The van der Waals surface area contributed by atoms with E-state index in [1.807, 2.05) is 43.3 Å². The number of carbonyl (C=O) groups excluding carboxylic acids is 2. The van der Waals surface area contributed by atoms with Gasteiger partial charge in [-0.15, -0.1) is 0 Å². The van der Waals surface area contributed by atoms with Crippen molar-refractivity contribution in [2.75, 3.05) is 31.5 Å². The Morgan fingerprint density at radius 3 is 2.14 bits per heavy atom. The quantitative estimate of drug-likeness (QED) is 0.436. The second kappa shape index (κ2) is 10.9. The number of anilines is 2. The van der Waals surface area contributed by atoms with Crippen LogP contribution < -0.4 is 24.4 Å². The van der Waals surface area contributed by atoms with E-state index in [1.54, 1.807) is 43.4 Å². The highest BCUT2D eigenvalue weighted by Crippen LogP contribution is 2.42. The van der Waals surface area contributed by atoms with Crippen molar-refractivity contribution in [1.29, 1.82) is 0 Å². The van der Waals surface area contributed by atoms with E-state index in [0.29, 0.717) is 40.1 Å². The van der Waals surface area contributed by atoms with Gasteiger partial charge in [0, 0.05) is 23.2 Å². The van der Waals surface area contributed by atoms with E-state index < -0.39 is 12.0 Å². The highest BCUT2D eigenvalue weighted by atomic mass is 35.5. The Kier molecular flexibility index (Phi) is 7.70. The van der Waals surface area contributed by atoms with Gasteiger partial charge in [0.05, 0.1) is 39.0 Å². The number of nitrogens with one attached hydrogen (secondary N) is 1. The summed E-state index contributed by atoms with van der Waals surface area (Å²) in [6, 6.07) is 17.7. The fourth-order valence-corrected chi connectivity index (χ4v) is 4.71. The molecule has 3 aromatic carbocycles. The molecule has 0 unspecified atom stereocenters. The molecule has 4 rings (SSSR count). The number of hydrogen-bond acceptors (Lipinski definition) is 5. The van der Waals surface area contributed by atoms with Crippen LogP contribution >= 0.6 is 11.6 Å². The average molecular weight is 509 g/mol. The molecule has 0 spiro atoms. The minimum absolute atomic E-state index is 0.0510. The summed E-state index contributed by atoms with van der Waals surface area (Å²) in [5, 5.41) is 3.57. The highest BCUT2D eigenvalue weighted by molar-refractivity contribution is 6.31. The predicted octanol–water partition coefficient (Wildman–Crippen LogP) is 5.80. The molecule has 2 atom stereocenters. The third kappa shape index (κ3) is 5.11. The van der Waals surface area contributed by atoms with E-state index in [4.69, 9.17) is 25.8 Å². The lowest BCUT2D eigenvalue weighted by Crippen LogP contribution is -2.47. The van der Waals surface area contributed by atoms with E-state index in [2.05, 4.69) is 5.32 Å². The average Bonchev–Trinajstić information content (AvgIpc) is 2.90. The maximum Gasteiger partial charge on any atom is 0.230 e. The molecule has 0 aliphatic carbocycles. The van der Waals surface area contributed by atoms with Crippen molar-refractivity contribution in [1.82, 2.24) is 0 Å². The van der Waals surface area contributed by atoms with Crippen LogP contribution in [0.25, 0.3) is 0 Å². The largest absolute Gasteiger partial charge is 0.497 e. The SMILES string of the molecule is COc1ccc([C@H]2[C@@H](C(=O)Nc3cc(C)c(Cl)cc3OC)CCC(=O)N2c2ccc(OC)cc2)cc1. The summed E-state index contributed by atoms with van der Waals surface area (Å²) in [7, 11) is 4.72. The molecule has 0 bridgehead atoms. The molecule has 0 radical (unpaired) electrons. The van der Waals surface area contributed by atoms with Crippen LogP contribution in [-0.4, -0.2) is 33.1 Å². The van der Waals surface area contributed by atoms with Crippen LogP contribution in [0.15, 0.2) is 60.7 Å². The third-order valence-electron chi connectivity index (χ3n) is 6.48. The second-order valence-electron chi connectivity index (χ2n) is 8.62. The Morgan fingerprint density at radius 1 is 0.944 bits per heavy atom. The minimum Gasteiger partial charge on any atom is -0.497 e. The number of hydrogen-bond donors (Lipinski definition) is 1. The molecule has 1 heterocycles. The van der Waals surface area contributed by atoms with Crippen LogP contribution in [-0.2, 0) is 9.59 Å². The van der Waals surface area contributed by atoms with Crippen molar-refractivity contribution in [3.05, 3.63) is 76.8 Å². The molecule has 8 heteroatoms. The molecular weight excluding hydrogens is 480 g/mol. The van der Waals surface area contributed by atoms with Crippen molar-refractivity contribution in [3.8, 4) is 17.2 Å². The van der Waals surface area contributed by atoms with E-state index in [1.165, 1.54) is 7.11 Å². The van der Waals surface area contributed by atoms with Gasteiger partial charge in [-0.1, -0.05) is 23.7 Å². The van der Waals surface area contributed by atoms with Gasteiger partial charge in [-0.05, 0) is 66.9 Å². The number of amides is 2. The number of ether oxygens (including phenoxy) is 3. The molecule has 2 amide bonds. The van der Waals surface area contributed by atoms with Gasteiger partial charge in [0.25, 0.3) is 0 Å². The van der Waals surface area contributed by atoms with Crippen molar-refractivity contribution in [2.24, 2.45) is 5.92 Å². The number of methoxy groups -OCH3 is 3. The van der Waals surface area contributed by atoms with Crippen molar-refractivity contribution in [2.45, 2.75) is 25.8 Å². The molecule has 0 saturated carbocycles. The molecule has 1 fully saturated rings. The molecule has 1 saturated heterocycles. The summed E-state index contributed by atoms with van der Waals surface area (Å²) >= 11 is 6.25. The van der Waals surface area contributed by atoms with E-state index >= 15 is 0 Å². The van der Waals surface area contributed by atoms with Gasteiger partial charge in [0.2, 0.25) is 11.8 Å². The van der Waals surface area contributed by atoms with E-state index in [0.717, 1.165) is 11.1 Å². The van der Waals surface area contributed by atoms with Crippen LogP contribution in [0, 0.1) is 12.8 Å². The molecule has 7 nitrogen and oxygen atoms in total. The van der Waals surface area contributed by atoms with Gasteiger partial charge in [-0.3, -0.25) is 9.59 Å². The normalized spacial score (nSPS) is 17.5. The number of carbonyl (C=O) groups is 2. The summed E-state index contributed by atoms with van der Waals surface area (Å²) in [6.07, 6.45) is 0.649. The number of aryl methyl sites for hydroxylation is 1. The van der Waals surface area contributed by atoms with E-state index in [-0.39, 0.29) is 18.2 Å². The molecule has 1 N–H and O–H groups in total. The maximum absolute atomic E-state index is 13.7. The molecule has 0 aromatic heterocycles. The van der Waals surface area contributed by atoms with Crippen LogP contribution in [0.3, 0.4) is 0 Å². The fraction of sp³-hybridized carbons (Fsp3) is 0.286. The van der Waals surface area contributed by atoms with Gasteiger partial charge in [-0.2, -0.15) is 0 Å². The Labute approximate surface area is 215 Å². The molecule has 3 aromatic rings. The Hall–Kier alpha value is -3.71. The lowest BCUT2D eigenvalue weighted by atomic mass is 9.83. The summed E-state index contributed by atoms with van der Waals surface area (Å²) in [4.78, 5) is 28.7. The third-order valence-corrected chi connectivity index (χ3v) is 6.89. The zero-order valence-corrected chi connectivity index (χ0v) is 21.5. The van der Waals surface area contributed by atoms with Crippen LogP contribution in [0.1, 0.15) is 30.0 Å². The summed E-state index contributed by atoms with van der Waals surface area (Å²) in [5.74, 6) is 1.08. The summed E-state index contributed by atoms with van der Waals surface area (Å²) in [5.41, 5.74) is 2.88. The standard InChI is InChI=1S/C28H29ClN2O5/c1-17-15-24(25(36-4)16-23(17)29)30-28(33)22-13-14-26(32)31(19-7-11-21(35-3)12-8-19)27(22)18-5-9-20(34-2)10-6-18/h5-12,15-16,22,27H,13-14H2,1-4H3,(H,30,33)/t22-,27-/m0/s1. The number of halogens is 1. The first-order valence-electron chi connectivity index (χ1n) is 11.6. The topological polar surface area (TPSA) is 77.1 Å². The first-order valence-corrected chi connectivity index (χ1v) is 12.0. The van der Waals surface area contributed by atoms with Crippen LogP contribution in [0.5, 0.6) is 17.2 Å². The lowest BCUT2D eigenvalue weighted by Gasteiger charge is -2.41. The van der Waals surface area contributed by atoms with Crippen molar-refractivity contribution >= 4 is 34.8 Å². The number of piperidine rings is 1. The smallest absolute Gasteiger partial charge is 0.230 e. The number of benzene rings is 3. The number of rotatable bonds is 7. The second-order valence-corrected chi connectivity index (χ2v) is 9.02. The fourth-order valence-electron chi connectivity index (χ4n) is 4.55. The minimum atomic E-state index is -0.523. The lowest BCUT2D eigenvalue weighted by molar-refractivity contribution is -0.125. The Balaban J connectivity index is 1.75. The monoisotopic (exact) mass is 508 g/mol. The van der Waals surface area contributed by atoms with Crippen LogP contribution in [0.2, 0.25) is 5.02 Å². The van der Waals surface area contributed by atoms with Gasteiger partial charge in [0.1, 0.15) is 17.2 Å². The molecule has 1 aliphatic heterocycles. The van der Waals surface area contributed by atoms with Crippen molar-refractivity contribution < 1.29 is 23.8 Å². The molecular formula is C28H29ClN2O5. The predicted molar refractivity (Wildman–Crippen MR) is 140 cm³/mol. The first-order chi connectivity index (χ1) is 17.4. The van der Waals surface area contributed by atoms with E-state index in [9.17, 15) is 9.59 Å². The zero-order valence-electron chi connectivity index (χ0n) is 20.7. The van der Waals surface area contributed by atoms with Gasteiger partial charge in [0.15, 0.2) is 0 Å². The highest BCUT2D eigenvalue weighted by Gasteiger charge is 2.41.